The van der Waals surface area contributed by atoms with E-state index < -0.39 is 12.7 Å². The Kier molecular flexibility index (Phi) is 7.10. The third kappa shape index (κ3) is 7.42. The standard InChI is InChI=1S/C13H24F3N5/c1-4-5-17-8-12-9-21(19-18-12)7-6-20(11(2)3)10-13(14,15)16/h9,11,17H,4-8,10H2,1-3H3. The van der Waals surface area contributed by atoms with Gasteiger partial charge in [-0.2, -0.15) is 13.2 Å². The maximum atomic E-state index is 12.5. The monoisotopic (exact) mass is 307 g/mol. The fourth-order valence-corrected chi connectivity index (χ4v) is 1.90. The lowest BCUT2D eigenvalue weighted by Crippen LogP contribution is -2.40. The van der Waals surface area contributed by atoms with Crippen molar-refractivity contribution in [2.45, 2.75) is 52.5 Å². The lowest BCUT2D eigenvalue weighted by Gasteiger charge is -2.27. The van der Waals surface area contributed by atoms with Crippen LogP contribution in [0.5, 0.6) is 0 Å². The molecule has 8 heteroatoms. The van der Waals surface area contributed by atoms with Crippen LogP contribution >= 0.6 is 0 Å². The van der Waals surface area contributed by atoms with Gasteiger partial charge in [-0.05, 0) is 26.8 Å². The maximum Gasteiger partial charge on any atom is 0.401 e. The first-order valence-electron chi connectivity index (χ1n) is 7.22. The van der Waals surface area contributed by atoms with Crippen LogP contribution in [-0.4, -0.2) is 51.7 Å². The number of nitrogens with zero attached hydrogens (tertiary/aromatic N) is 4. The molecule has 0 bridgehead atoms. The van der Waals surface area contributed by atoms with E-state index in [0.717, 1.165) is 18.7 Å². The molecule has 0 aliphatic heterocycles. The molecular weight excluding hydrogens is 283 g/mol. The molecule has 21 heavy (non-hydrogen) atoms. The van der Waals surface area contributed by atoms with Crippen LogP contribution in [0.25, 0.3) is 0 Å². The minimum atomic E-state index is -4.18. The third-order valence-electron chi connectivity index (χ3n) is 3.05. The summed E-state index contributed by atoms with van der Waals surface area (Å²) < 4.78 is 39.0. The summed E-state index contributed by atoms with van der Waals surface area (Å²) in [5, 5.41) is 11.1. The fourth-order valence-electron chi connectivity index (χ4n) is 1.90. The fraction of sp³-hybridized carbons (Fsp3) is 0.846. The molecule has 122 valence electrons. The first-order valence-corrected chi connectivity index (χ1v) is 7.22. The van der Waals surface area contributed by atoms with Gasteiger partial charge in [0.1, 0.15) is 0 Å². The van der Waals surface area contributed by atoms with E-state index in [0.29, 0.717) is 19.6 Å². The highest BCUT2D eigenvalue weighted by Gasteiger charge is 2.31. The van der Waals surface area contributed by atoms with Crippen molar-refractivity contribution >= 4 is 0 Å². The first kappa shape index (κ1) is 17.9. The van der Waals surface area contributed by atoms with Gasteiger partial charge in [-0.15, -0.1) is 5.10 Å². The molecule has 0 fully saturated rings. The van der Waals surface area contributed by atoms with E-state index in [1.54, 1.807) is 24.7 Å². The molecule has 0 saturated carbocycles. The van der Waals surface area contributed by atoms with E-state index in [4.69, 9.17) is 0 Å². The molecule has 1 rings (SSSR count). The van der Waals surface area contributed by atoms with Gasteiger partial charge in [0.2, 0.25) is 0 Å². The number of rotatable bonds is 9. The molecule has 0 amide bonds. The highest BCUT2D eigenvalue weighted by molar-refractivity contribution is 4.91. The van der Waals surface area contributed by atoms with Gasteiger partial charge in [0.05, 0.1) is 18.8 Å². The van der Waals surface area contributed by atoms with Gasteiger partial charge in [0.25, 0.3) is 0 Å². The lowest BCUT2D eigenvalue weighted by molar-refractivity contribution is -0.149. The molecule has 0 radical (unpaired) electrons. The highest BCUT2D eigenvalue weighted by atomic mass is 19.4. The molecule has 0 unspecified atom stereocenters. The number of halogens is 3. The smallest absolute Gasteiger partial charge is 0.311 e. The molecule has 0 saturated heterocycles. The minimum absolute atomic E-state index is 0.166. The molecule has 1 aromatic heterocycles. The third-order valence-corrected chi connectivity index (χ3v) is 3.05. The van der Waals surface area contributed by atoms with Crippen LogP contribution in [0.4, 0.5) is 13.2 Å². The average Bonchev–Trinajstić information content (AvgIpc) is 2.81. The van der Waals surface area contributed by atoms with Crippen LogP contribution < -0.4 is 5.32 Å². The number of nitrogens with one attached hydrogen (secondary N) is 1. The lowest BCUT2D eigenvalue weighted by atomic mass is 10.3. The minimum Gasteiger partial charge on any atom is -0.311 e. The van der Waals surface area contributed by atoms with Crippen molar-refractivity contribution in [2.24, 2.45) is 0 Å². The molecule has 0 atom stereocenters. The van der Waals surface area contributed by atoms with Crippen LogP contribution in [-0.2, 0) is 13.1 Å². The number of aromatic nitrogens is 3. The molecule has 0 spiro atoms. The number of hydrogen-bond acceptors (Lipinski definition) is 4. The quantitative estimate of drug-likeness (QED) is 0.709. The Morgan fingerprint density at radius 1 is 1.38 bits per heavy atom. The molecule has 1 aromatic rings. The second-order valence-corrected chi connectivity index (χ2v) is 5.33. The summed E-state index contributed by atoms with van der Waals surface area (Å²) in [6.45, 7) is 6.91. The second-order valence-electron chi connectivity index (χ2n) is 5.33. The zero-order valence-corrected chi connectivity index (χ0v) is 12.8. The molecule has 0 aromatic carbocycles. The predicted octanol–water partition coefficient (Wildman–Crippen LogP) is 2.05. The second kappa shape index (κ2) is 8.33. The maximum absolute atomic E-state index is 12.5. The van der Waals surface area contributed by atoms with Gasteiger partial charge in [-0.3, -0.25) is 9.58 Å². The Morgan fingerprint density at radius 2 is 2.10 bits per heavy atom. The summed E-state index contributed by atoms with van der Waals surface area (Å²) in [5.41, 5.74) is 0.801. The van der Waals surface area contributed by atoms with Crippen molar-refractivity contribution < 1.29 is 13.2 Å². The van der Waals surface area contributed by atoms with Gasteiger partial charge in [-0.1, -0.05) is 12.1 Å². The zero-order valence-electron chi connectivity index (χ0n) is 12.8. The molecule has 1 N–H and O–H groups in total. The summed E-state index contributed by atoms with van der Waals surface area (Å²) in [7, 11) is 0. The topological polar surface area (TPSA) is 46.0 Å². The van der Waals surface area contributed by atoms with E-state index in [-0.39, 0.29) is 6.04 Å². The Labute approximate surface area is 123 Å². The van der Waals surface area contributed by atoms with Gasteiger partial charge in [0, 0.05) is 25.3 Å². The summed E-state index contributed by atoms with van der Waals surface area (Å²) in [6, 6.07) is -0.166. The van der Waals surface area contributed by atoms with Gasteiger partial charge in [0.15, 0.2) is 0 Å². The van der Waals surface area contributed by atoms with E-state index in [2.05, 4.69) is 22.6 Å². The normalized spacial score (nSPS) is 12.6. The molecule has 0 aliphatic carbocycles. The van der Waals surface area contributed by atoms with Crippen molar-refractivity contribution in [1.82, 2.24) is 25.2 Å². The number of alkyl halides is 3. The van der Waals surface area contributed by atoms with Crippen molar-refractivity contribution in [3.8, 4) is 0 Å². The Bertz CT molecular complexity index is 403. The highest BCUT2D eigenvalue weighted by Crippen LogP contribution is 2.17. The molecule has 5 nitrogen and oxygen atoms in total. The van der Waals surface area contributed by atoms with Gasteiger partial charge < -0.3 is 5.32 Å². The van der Waals surface area contributed by atoms with E-state index in [9.17, 15) is 13.2 Å². The Morgan fingerprint density at radius 3 is 2.67 bits per heavy atom. The van der Waals surface area contributed by atoms with Gasteiger partial charge in [-0.25, -0.2) is 0 Å². The zero-order chi connectivity index (χ0) is 15.9. The van der Waals surface area contributed by atoms with E-state index in [1.165, 1.54) is 4.90 Å². The van der Waals surface area contributed by atoms with Crippen LogP contribution in [0.2, 0.25) is 0 Å². The first-order chi connectivity index (χ1) is 9.81. The van der Waals surface area contributed by atoms with Crippen LogP contribution in [0.3, 0.4) is 0 Å². The van der Waals surface area contributed by atoms with Crippen molar-refractivity contribution in [2.75, 3.05) is 19.6 Å². The van der Waals surface area contributed by atoms with Gasteiger partial charge >= 0.3 is 6.18 Å². The molecule has 0 aliphatic rings. The van der Waals surface area contributed by atoms with Crippen LogP contribution in [0, 0.1) is 0 Å². The molecular formula is C13H24F3N5. The van der Waals surface area contributed by atoms with Crippen molar-refractivity contribution in [1.29, 1.82) is 0 Å². The Balaban J connectivity index is 2.45. The summed E-state index contributed by atoms with van der Waals surface area (Å²) >= 11 is 0. The van der Waals surface area contributed by atoms with E-state index in [1.807, 2.05) is 0 Å². The predicted molar refractivity (Wildman–Crippen MR) is 74.8 cm³/mol. The summed E-state index contributed by atoms with van der Waals surface area (Å²) in [6.07, 6.45) is -1.37. The SMILES string of the molecule is CCCNCc1cn(CCN(CC(F)(F)F)C(C)C)nn1. The molecule has 1 heterocycles. The van der Waals surface area contributed by atoms with E-state index >= 15 is 0 Å². The van der Waals surface area contributed by atoms with Crippen LogP contribution in [0.1, 0.15) is 32.9 Å². The largest absolute Gasteiger partial charge is 0.401 e. The summed E-state index contributed by atoms with van der Waals surface area (Å²) in [5.74, 6) is 0. The van der Waals surface area contributed by atoms with Crippen molar-refractivity contribution in [3.63, 3.8) is 0 Å². The van der Waals surface area contributed by atoms with Crippen molar-refractivity contribution in [3.05, 3.63) is 11.9 Å². The van der Waals surface area contributed by atoms with Crippen LogP contribution in [0.15, 0.2) is 6.20 Å². The number of hydrogen-bond donors (Lipinski definition) is 1. The summed E-state index contributed by atoms with van der Waals surface area (Å²) in [4.78, 5) is 1.39. The Hall–Kier alpha value is -1.15. The average molecular weight is 307 g/mol.